The molecule has 1 aliphatic heterocycles. The number of rotatable bonds is 2. The van der Waals surface area contributed by atoms with E-state index in [0.29, 0.717) is 18.0 Å². The van der Waals surface area contributed by atoms with Crippen molar-refractivity contribution in [1.82, 2.24) is 4.98 Å². The molecule has 2 heteroatoms. The van der Waals surface area contributed by atoms with Crippen molar-refractivity contribution in [2.24, 2.45) is 5.92 Å². The largest absolute Gasteiger partial charge is 0.365 e. The highest BCUT2D eigenvalue weighted by atomic mass is 15.2. The molecule has 0 bridgehead atoms. The first-order chi connectivity index (χ1) is 8.11. The van der Waals surface area contributed by atoms with Crippen molar-refractivity contribution in [1.29, 1.82) is 0 Å². The van der Waals surface area contributed by atoms with Gasteiger partial charge in [-0.1, -0.05) is 27.7 Å². The van der Waals surface area contributed by atoms with Gasteiger partial charge >= 0.3 is 0 Å². The van der Waals surface area contributed by atoms with Crippen LogP contribution in [0.1, 0.15) is 47.1 Å². The first kappa shape index (κ1) is 14.0. The van der Waals surface area contributed by atoms with Crippen LogP contribution >= 0.6 is 0 Å². The molecule has 1 aliphatic rings. The van der Waals surface area contributed by atoms with Gasteiger partial charge in [-0.05, 0) is 37.8 Å². The molecular formula is C15H26N2. The van der Waals surface area contributed by atoms with Crippen LogP contribution < -0.4 is 4.90 Å². The lowest BCUT2D eigenvalue weighted by atomic mass is 10.00. The van der Waals surface area contributed by atoms with Crippen LogP contribution in [-0.2, 0) is 6.42 Å². The average Bonchev–Trinajstić information content (AvgIpc) is 2.71. The van der Waals surface area contributed by atoms with Gasteiger partial charge in [-0.2, -0.15) is 0 Å². The minimum atomic E-state index is 0.570. The Morgan fingerprint density at radius 3 is 2.41 bits per heavy atom. The van der Waals surface area contributed by atoms with Crippen molar-refractivity contribution in [2.45, 2.75) is 60.0 Å². The summed E-state index contributed by atoms with van der Waals surface area (Å²) in [5.41, 5.74) is 2.80. The van der Waals surface area contributed by atoms with E-state index in [9.17, 15) is 0 Å². The minimum absolute atomic E-state index is 0.570. The fraction of sp³-hybridized carbons (Fsp3) is 0.667. The van der Waals surface area contributed by atoms with E-state index in [4.69, 9.17) is 0 Å². The smallest absolute Gasteiger partial charge is 0.0435 e. The molecule has 0 amide bonds. The number of anilines is 1. The van der Waals surface area contributed by atoms with Crippen LogP contribution in [0.4, 0.5) is 5.69 Å². The van der Waals surface area contributed by atoms with Gasteiger partial charge in [-0.3, -0.25) is 4.98 Å². The van der Waals surface area contributed by atoms with Crippen molar-refractivity contribution in [3.8, 4) is 0 Å². The van der Waals surface area contributed by atoms with E-state index in [1.54, 1.807) is 0 Å². The van der Waals surface area contributed by atoms with Gasteiger partial charge in [0.15, 0.2) is 0 Å². The molecule has 17 heavy (non-hydrogen) atoms. The van der Waals surface area contributed by atoms with Crippen LogP contribution in [0.15, 0.2) is 18.5 Å². The molecule has 1 aromatic heterocycles. The summed E-state index contributed by atoms with van der Waals surface area (Å²) >= 11 is 0. The average molecular weight is 234 g/mol. The summed E-state index contributed by atoms with van der Waals surface area (Å²) < 4.78 is 0. The summed E-state index contributed by atoms with van der Waals surface area (Å²) in [6.45, 7) is 13.1. The number of hydrogen-bond acceptors (Lipinski definition) is 2. The molecule has 2 rings (SSSR count). The highest BCUT2D eigenvalue weighted by molar-refractivity contribution is 5.59. The second kappa shape index (κ2) is 6.04. The molecular weight excluding hydrogens is 208 g/mol. The molecule has 96 valence electrons. The lowest BCUT2D eigenvalue weighted by Gasteiger charge is -2.33. The van der Waals surface area contributed by atoms with Gasteiger partial charge < -0.3 is 4.90 Å². The fourth-order valence-corrected chi connectivity index (χ4v) is 2.55. The monoisotopic (exact) mass is 234 g/mol. The second-order valence-electron chi connectivity index (χ2n) is 5.02. The molecule has 0 aromatic carbocycles. The van der Waals surface area contributed by atoms with E-state index in [0.717, 1.165) is 6.42 Å². The third-order valence-corrected chi connectivity index (χ3v) is 3.27. The van der Waals surface area contributed by atoms with Crippen molar-refractivity contribution >= 4 is 5.69 Å². The summed E-state index contributed by atoms with van der Waals surface area (Å²) in [5, 5.41) is 0. The Bertz CT molecular complexity index is 345. The van der Waals surface area contributed by atoms with Gasteiger partial charge in [0.2, 0.25) is 0 Å². The van der Waals surface area contributed by atoms with Crippen LogP contribution in [0.25, 0.3) is 0 Å². The number of aromatic nitrogens is 1. The summed E-state index contributed by atoms with van der Waals surface area (Å²) in [6, 6.07) is 3.36. The molecule has 0 saturated carbocycles. The zero-order chi connectivity index (χ0) is 13.0. The lowest BCUT2D eigenvalue weighted by molar-refractivity contribution is 0.448. The molecule has 1 unspecified atom stereocenters. The number of hydrogen-bond donors (Lipinski definition) is 0. The molecule has 0 radical (unpaired) electrons. The Kier molecular flexibility index (Phi) is 4.98. The number of fused-ring (bicyclic) bond motifs is 1. The quantitative estimate of drug-likeness (QED) is 0.771. The molecule has 2 nitrogen and oxygen atoms in total. The summed E-state index contributed by atoms with van der Waals surface area (Å²) in [6.07, 6.45) is 5.07. The summed E-state index contributed by atoms with van der Waals surface area (Å²) in [7, 11) is 0. The molecule has 0 saturated heterocycles. The maximum Gasteiger partial charge on any atom is 0.0435 e. The number of nitrogens with zero attached hydrogens (tertiary/aromatic N) is 2. The topological polar surface area (TPSA) is 16.1 Å². The van der Waals surface area contributed by atoms with Crippen LogP contribution in [-0.4, -0.2) is 17.1 Å². The summed E-state index contributed by atoms with van der Waals surface area (Å²) in [5.74, 6) is 0.694. The zero-order valence-corrected chi connectivity index (χ0v) is 12.1. The number of pyridine rings is 1. The Hall–Kier alpha value is -1.05. The predicted molar refractivity (Wildman–Crippen MR) is 75.5 cm³/mol. The highest BCUT2D eigenvalue weighted by Gasteiger charge is 2.32. The van der Waals surface area contributed by atoms with Gasteiger partial charge in [0, 0.05) is 30.2 Å². The van der Waals surface area contributed by atoms with Crippen molar-refractivity contribution < 1.29 is 0 Å². The van der Waals surface area contributed by atoms with Crippen molar-refractivity contribution in [3.05, 3.63) is 24.0 Å². The third-order valence-electron chi connectivity index (χ3n) is 3.27. The van der Waals surface area contributed by atoms with E-state index < -0.39 is 0 Å². The van der Waals surface area contributed by atoms with E-state index in [-0.39, 0.29) is 0 Å². The van der Waals surface area contributed by atoms with Crippen molar-refractivity contribution in [2.75, 3.05) is 4.90 Å². The Balaban J connectivity index is 0.000000686. The Morgan fingerprint density at radius 2 is 1.88 bits per heavy atom. The third kappa shape index (κ3) is 2.80. The SMILES string of the molecule is CC.CC(C)C1Cc2cnccc2N1C(C)C. The van der Waals surface area contributed by atoms with E-state index >= 15 is 0 Å². The minimum Gasteiger partial charge on any atom is -0.365 e. The first-order valence-electron chi connectivity index (χ1n) is 6.82. The Labute approximate surface area is 106 Å². The second-order valence-corrected chi connectivity index (χ2v) is 5.02. The summed E-state index contributed by atoms with van der Waals surface area (Å²) in [4.78, 5) is 6.76. The van der Waals surface area contributed by atoms with Gasteiger partial charge in [0.1, 0.15) is 0 Å². The van der Waals surface area contributed by atoms with Crippen molar-refractivity contribution in [3.63, 3.8) is 0 Å². The van der Waals surface area contributed by atoms with Crippen LogP contribution in [0, 0.1) is 5.92 Å². The molecule has 0 N–H and O–H groups in total. The van der Waals surface area contributed by atoms with E-state index in [1.807, 2.05) is 26.2 Å². The molecule has 0 spiro atoms. The molecule has 1 aromatic rings. The molecule has 2 heterocycles. The Morgan fingerprint density at radius 1 is 1.24 bits per heavy atom. The van der Waals surface area contributed by atoms with Gasteiger partial charge in [0.25, 0.3) is 0 Å². The first-order valence-corrected chi connectivity index (χ1v) is 6.82. The fourth-order valence-electron chi connectivity index (χ4n) is 2.55. The van der Waals surface area contributed by atoms with Crippen LogP contribution in [0.2, 0.25) is 0 Å². The zero-order valence-electron chi connectivity index (χ0n) is 12.1. The molecule has 0 aliphatic carbocycles. The standard InChI is InChI=1S/C13H20N2.C2H6/c1-9(2)13-7-11-8-14-6-5-12(11)15(13)10(3)4;1-2/h5-6,8-10,13H,7H2,1-4H3;1-2H3. The van der Waals surface area contributed by atoms with E-state index in [1.165, 1.54) is 11.3 Å². The van der Waals surface area contributed by atoms with Gasteiger partial charge in [0.05, 0.1) is 0 Å². The lowest BCUT2D eigenvalue weighted by Crippen LogP contribution is -2.40. The maximum absolute atomic E-state index is 4.22. The van der Waals surface area contributed by atoms with Crippen LogP contribution in [0.5, 0.6) is 0 Å². The normalized spacial score (nSPS) is 18.1. The maximum atomic E-state index is 4.22. The van der Waals surface area contributed by atoms with Gasteiger partial charge in [-0.15, -0.1) is 0 Å². The van der Waals surface area contributed by atoms with Gasteiger partial charge in [-0.25, -0.2) is 0 Å². The van der Waals surface area contributed by atoms with Crippen LogP contribution in [0.3, 0.4) is 0 Å². The molecule has 1 atom stereocenters. The highest BCUT2D eigenvalue weighted by Crippen LogP contribution is 2.35. The van der Waals surface area contributed by atoms with E-state index in [2.05, 4.69) is 43.6 Å². The predicted octanol–water partition coefficient (Wildman–Crippen LogP) is 3.90. The molecule has 0 fully saturated rings.